The van der Waals surface area contributed by atoms with E-state index in [2.05, 4.69) is 0 Å². The van der Waals surface area contributed by atoms with Crippen LogP contribution in [0.2, 0.25) is 0 Å². The van der Waals surface area contributed by atoms with Crippen molar-refractivity contribution in [3.8, 4) is 28.4 Å². The summed E-state index contributed by atoms with van der Waals surface area (Å²) < 4.78 is 16.0. The van der Waals surface area contributed by atoms with Gasteiger partial charge >= 0.3 is 0 Å². The maximum atomic E-state index is 11.3. The SMILES string of the molecule is COc1ccccc1-c1cc2c(cc1C=O)OCO2. The number of methoxy groups -OCH3 is 1. The molecule has 2 aromatic carbocycles. The molecule has 2 aromatic rings. The molecule has 19 heavy (non-hydrogen) atoms. The molecule has 0 saturated carbocycles. The molecular formula is C15H12O4. The molecule has 0 unspecified atom stereocenters. The molecule has 96 valence electrons. The van der Waals surface area contributed by atoms with Gasteiger partial charge in [-0.05, 0) is 23.8 Å². The normalized spacial score (nSPS) is 12.3. The van der Waals surface area contributed by atoms with Gasteiger partial charge < -0.3 is 14.2 Å². The Morgan fingerprint density at radius 1 is 1.11 bits per heavy atom. The summed E-state index contributed by atoms with van der Waals surface area (Å²) in [4.78, 5) is 11.3. The minimum atomic E-state index is 0.184. The summed E-state index contributed by atoms with van der Waals surface area (Å²) in [6, 6.07) is 11.0. The highest BCUT2D eigenvalue weighted by Crippen LogP contribution is 2.40. The molecule has 0 fully saturated rings. The molecule has 1 aliphatic heterocycles. The molecule has 0 radical (unpaired) electrons. The topological polar surface area (TPSA) is 44.8 Å². The molecule has 0 atom stereocenters. The number of fused-ring (bicyclic) bond motifs is 1. The summed E-state index contributed by atoms with van der Waals surface area (Å²) in [5.74, 6) is 1.96. The first kappa shape index (κ1) is 11.6. The lowest BCUT2D eigenvalue weighted by Gasteiger charge is -2.11. The zero-order chi connectivity index (χ0) is 13.2. The molecule has 4 nitrogen and oxygen atoms in total. The van der Waals surface area contributed by atoms with Gasteiger partial charge in [0.2, 0.25) is 6.79 Å². The lowest BCUT2D eigenvalue weighted by molar-refractivity contribution is 0.112. The van der Waals surface area contributed by atoms with Crippen molar-refractivity contribution in [2.24, 2.45) is 0 Å². The van der Waals surface area contributed by atoms with Crippen LogP contribution in [0.4, 0.5) is 0 Å². The van der Waals surface area contributed by atoms with Crippen LogP contribution in [0.15, 0.2) is 36.4 Å². The van der Waals surface area contributed by atoms with Gasteiger partial charge in [0, 0.05) is 11.1 Å². The van der Waals surface area contributed by atoms with Gasteiger partial charge in [0.15, 0.2) is 17.8 Å². The largest absolute Gasteiger partial charge is 0.496 e. The van der Waals surface area contributed by atoms with Gasteiger partial charge in [-0.2, -0.15) is 0 Å². The van der Waals surface area contributed by atoms with E-state index in [0.717, 1.165) is 17.4 Å². The van der Waals surface area contributed by atoms with Crippen LogP contribution in [0.25, 0.3) is 11.1 Å². The lowest BCUT2D eigenvalue weighted by atomic mass is 9.98. The Balaban J connectivity index is 2.21. The van der Waals surface area contributed by atoms with E-state index < -0.39 is 0 Å². The van der Waals surface area contributed by atoms with Crippen molar-refractivity contribution in [1.82, 2.24) is 0 Å². The van der Waals surface area contributed by atoms with Gasteiger partial charge in [-0.15, -0.1) is 0 Å². The van der Waals surface area contributed by atoms with E-state index in [1.54, 1.807) is 13.2 Å². The van der Waals surface area contributed by atoms with Crippen LogP contribution in [-0.2, 0) is 0 Å². The maximum Gasteiger partial charge on any atom is 0.231 e. The molecule has 3 rings (SSSR count). The zero-order valence-corrected chi connectivity index (χ0v) is 10.4. The second kappa shape index (κ2) is 4.65. The Kier molecular flexibility index (Phi) is 2.83. The number of benzene rings is 2. The molecule has 0 aromatic heterocycles. The standard InChI is InChI=1S/C15H12O4/c1-17-13-5-3-2-4-11(13)12-7-15-14(18-9-19-15)6-10(12)8-16/h2-8H,9H2,1H3. The van der Waals surface area contributed by atoms with Crippen LogP contribution in [-0.4, -0.2) is 20.2 Å². The van der Waals surface area contributed by atoms with Crippen LogP contribution in [0, 0.1) is 0 Å². The molecule has 0 saturated heterocycles. The average Bonchev–Trinajstić information content (AvgIpc) is 2.93. The van der Waals surface area contributed by atoms with Crippen molar-refractivity contribution in [1.29, 1.82) is 0 Å². The third kappa shape index (κ3) is 1.91. The Bertz CT molecular complexity index is 634. The highest BCUT2D eigenvalue weighted by atomic mass is 16.7. The van der Waals surface area contributed by atoms with Gasteiger partial charge in [0.1, 0.15) is 5.75 Å². The second-order valence-electron chi connectivity index (χ2n) is 4.11. The fraction of sp³-hybridized carbons (Fsp3) is 0.133. The molecule has 0 amide bonds. The quantitative estimate of drug-likeness (QED) is 0.792. The first-order chi connectivity index (χ1) is 9.33. The Hall–Kier alpha value is -2.49. The van der Waals surface area contributed by atoms with Crippen molar-refractivity contribution in [2.45, 2.75) is 0 Å². The van der Waals surface area contributed by atoms with Gasteiger partial charge in [-0.3, -0.25) is 4.79 Å². The van der Waals surface area contributed by atoms with Gasteiger partial charge in [0.05, 0.1) is 7.11 Å². The minimum Gasteiger partial charge on any atom is -0.496 e. The average molecular weight is 256 g/mol. The molecule has 0 aliphatic carbocycles. The highest BCUT2D eigenvalue weighted by molar-refractivity contribution is 5.91. The lowest BCUT2D eigenvalue weighted by Crippen LogP contribution is -1.92. The minimum absolute atomic E-state index is 0.184. The van der Waals surface area contributed by atoms with E-state index in [0.29, 0.717) is 22.8 Å². The number of carbonyl (C=O) groups excluding carboxylic acids is 1. The van der Waals surface area contributed by atoms with E-state index >= 15 is 0 Å². The highest BCUT2D eigenvalue weighted by Gasteiger charge is 2.19. The van der Waals surface area contributed by atoms with Crippen LogP contribution in [0.1, 0.15) is 10.4 Å². The number of ether oxygens (including phenoxy) is 3. The molecular weight excluding hydrogens is 244 g/mol. The summed E-state index contributed by atoms with van der Waals surface area (Å²) >= 11 is 0. The number of aldehydes is 1. The fourth-order valence-corrected chi connectivity index (χ4v) is 2.16. The van der Waals surface area contributed by atoms with Crippen LogP contribution < -0.4 is 14.2 Å². The predicted molar refractivity (Wildman–Crippen MR) is 69.9 cm³/mol. The summed E-state index contributed by atoms with van der Waals surface area (Å²) in [6.07, 6.45) is 0.809. The Labute approximate surface area is 110 Å². The van der Waals surface area contributed by atoms with Crippen LogP contribution >= 0.6 is 0 Å². The second-order valence-corrected chi connectivity index (χ2v) is 4.11. The van der Waals surface area contributed by atoms with Gasteiger partial charge in [-0.25, -0.2) is 0 Å². The summed E-state index contributed by atoms with van der Waals surface area (Å²) in [6.45, 7) is 0.184. The van der Waals surface area contributed by atoms with E-state index in [9.17, 15) is 4.79 Å². The first-order valence-corrected chi connectivity index (χ1v) is 5.85. The molecule has 1 heterocycles. The summed E-state index contributed by atoms with van der Waals surface area (Å²) in [7, 11) is 1.60. The van der Waals surface area contributed by atoms with Crippen LogP contribution in [0.3, 0.4) is 0 Å². The van der Waals surface area contributed by atoms with Crippen LogP contribution in [0.5, 0.6) is 17.2 Å². The monoisotopic (exact) mass is 256 g/mol. The number of rotatable bonds is 3. The zero-order valence-electron chi connectivity index (χ0n) is 10.4. The molecule has 1 aliphatic rings. The predicted octanol–water partition coefficient (Wildman–Crippen LogP) is 2.90. The fourth-order valence-electron chi connectivity index (χ4n) is 2.16. The molecule has 0 bridgehead atoms. The van der Waals surface area contributed by atoms with Crippen molar-refractivity contribution in [3.05, 3.63) is 42.0 Å². The molecule has 4 heteroatoms. The Morgan fingerprint density at radius 2 is 1.84 bits per heavy atom. The molecule has 0 spiro atoms. The van der Waals surface area contributed by atoms with Crippen molar-refractivity contribution in [2.75, 3.05) is 13.9 Å². The van der Waals surface area contributed by atoms with Crippen molar-refractivity contribution in [3.63, 3.8) is 0 Å². The van der Waals surface area contributed by atoms with E-state index in [-0.39, 0.29) is 6.79 Å². The molecule has 0 N–H and O–H groups in total. The van der Waals surface area contributed by atoms with Crippen molar-refractivity contribution < 1.29 is 19.0 Å². The number of para-hydroxylation sites is 1. The third-order valence-corrected chi connectivity index (χ3v) is 3.07. The summed E-state index contributed by atoms with van der Waals surface area (Å²) in [5.41, 5.74) is 2.18. The van der Waals surface area contributed by atoms with E-state index in [1.807, 2.05) is 30.3 Å². The first-order valence-electron chi connectivity index (χ1n) is 5.85. The number of hydrogen-bond donors (Lipinski definition) is 0. The number of hydrogen-bond acceptors (Lipinski definition) is 4. The van der Waals surface area contributed by atoms with E-state index in [1.165, 1.54) is 0 Å². The third-order valence-electron chi connectivity index (χ3n) is 3.07. The van der Waals surface area contributed by atoms with E-state index in [4.69, 9.17) is 14.2 Å². The maximum absolute atomic E-state index is 11.3. The van der Waals surface area contributed by atoms with Crippen molar-refractivity contribution >= 4 is 6.29 Å². The van der Waals surface area contributed by atoms with Gasteiger partial charge in [0.25, 0.3) is 0 Å². The Morgan fingerprint density at radius 3 is 2.58 bits per heavy atom. The number of carbonyl (C=O) groups is 1. The van der Waals surface area contributed by atoms with Gasteiger partial charge in [-0.1, -0.05) is 18.2 Å². The smallest absolute Gasteiger partial charge is 0.231 e. The summed E-state index contributed by atoms with van der Waals surface area (Å²) in [5, 5.41) is 0.